The van der Waals surface area contributed by atoms with E-state index in [1.165, 1.54) is 26.4 Å². The summed E-state index contributed by atoms with van der Waals surface area (Å²) >= 11 is 0. The van der Waals surface area contributed by atoms with Crippen molar-refractivity contribution in [1.82, 2.24) is 15.3 Å². The molecule has 5 N–H and O–H groups in total. The lowest BCUT2D eigenvalue weighted by atomic mass is 9.95. The van der Waals surface area contributed by atoms with Crippen LogP contribution in [0.3, 0.4) is 0 Å². The molecule has 0 spiro atoms. The maximum absolute atomic E-state index is 12.0. The second kappa shape index (κ2) is 12.8. The van der Waals surface area contributed by atoms with E-state index in [4.69, 9.17) is 14.2 Å². The number of ether oxygens (including phenoxy) is 3. The molecule has 2 aromatic carbocycles. The highest BCUT2D eigenvalue weighted by molar-refractivity contribution is 5.92. The summed E-state index contributed by atoms with van der Waals surface area (Å²) < 4.78 is 15.5. The zero-order valence-electron chi connectivity index (χ0n) is 22.0. The number of carbonyl (C=O) groups is 4. The first-order valence-corrected chi connectivity index (χ1v) is 12.0. The van der Waals surface area contributed by atoms with Gasteiger partial charge in [0.2, 0.25) is 5.60 Å². The molecule has 1 atom stereocenters. The molecule has 13 nitrogen and oxygen atoms in total. The number of H-pyrrole nitrogens is 1. The van der Waals surface area contributed by atoms with Gasteiger partial charge in [-0.15, -0.1) is 0 Å². The van der Waals surface area contributed by atoms with Crippen LogP contribution in [0.1, 0.15) is 47.6 Å². The Morgan fingerprint density at radius 2 is 1.73 bits per heavy atom. The Balaban J connectivity index is 1.76. The highest BCUT2D eigenvalue weighted by Gasteiger charge is 2.46. The average molecular weight is 556 g/mol. The van der Waals surface area contributed by atoms with E-state index in [1.54, 1.807) is 30.5 Å². The Morgan fingerprint density at radius 3 is 2.33 bits per heavy atom. The number of carboxylic acids is 3. The number of nitrogens with one attached hydrogen (secondary N) is 2. The van der Waals surface area contributed by atoms with Gasteiger partial charge in [-0.25, -0.2) is 14.6 Å². The van der Waals surface area contributed by atoms with Crippen LogP contribution in [-0.4, -0.2) is 69.0 Å². The van der Waals surface area contributed by atoms with E-state index in [0.717, 1.165) is 5.56 Å². The lowest BCUT2D eigenvalue weighted by molar-refractivity contribution is -0.167. The molecule has 0 bridgehead atoms. The molecule has 3 rings (SSSR count). The zero-order chi connectivity index (χ0) is 29.4. The fraction of sp³-hybridized carbons (Fsp3) is 0.296. The fourth-order valence-electron chi connectivity index (χ4n) is 3.98. The molecule has 0 saturated carbocycles. The summed E-state index contributed by atoms with van der Waals surface area (Å²) in [5.74, 6) is -4.30. The number of nitrogens with zero attached hydrogens (tertiary/aromatic N) is 1. The predicted octanol–water partition coefficient (Wildman–Crippen LogP) is 2.87. The zero-order valence-corrected chi connectivity index (χ0v) is 22.0. The van der Waals surface area contributed by atoms with Crippen LogP contribution in [0.15, 0.2) is 48.7 Å². The van der Waals surface area contributed by atoms with Gasteiger partial charge in [-0.3, -0.25) is 9.59 Å². The van der Waals surface area contributed by atoms with Crippen LogP contribution in [0, 0.1) is 0 Å². The molecule has 1 heterocycles. The monoisotopic (exact) mass is 555 g/mol. The summed E-state index contributed by atoms with van der Waals surface area (Å²) in [6.07, 6.45) is -0.536. The molecule has 0 amide bonds. The first-order valence-electron chi connectivity index (χ1n) is 12.0. The molecule has 0 aliphatic rings. The van der Waals surface area contributed by atoms with Gasteiger partial charge in [0.15, 0.2) is 0 Å². The molecular formula is C27H29N3O10. The fourth-order valence-corrected chi connectivity index (χ4v) is 3.98. The topological polar surface area (TPSA) is 197 Å². The Labute approximate surface area is 228 Å². The molecule has 0 aliphatic carbocycles. The minimum Gasteiger partial charge on any atom is -0.496 e. The van der Waals surface area contributed by atoms with Crippen molar-refractivity contribution in [1.29, 1.82) is 0 Å². The normalized spacial score (nSPS) is 11.9. The smallest absolute Gasteiger partial charge is 0.349 e. The van der Waals surface area contributed by atoms with Crippen LogP contribution in [0.2, 0.25) is 0 Å². The van der Waals surface area contributed by atoms with E-state index in [9.17, 15) is 34.5 Å². The van der Waals surface area contributed by atoms with Gasteiger partial charge in [0.05, 0.1) is 45.0 Å². The summed E-state index contributed by atoms with van der Waals surface area (Å²) in [5.41, 5.74) is -0.272. The van der Waals surface area contributed by atoms with E-state index in [0.29, 0.717) is 34.9 Å². The highest BCUT2D eigenvalue weighted by Crippen LogP contribution is 2.30. The second-order valence-corrected chi connectivity index (χ2v) is 8.88. The van der Waals surface area contributed by atoms with Crippen molar-refractivity contribution in [2.24, 2.45) is 0 Å². The van der Waals surface area contributed by atoms with Crippen LogP contribution >= 0.6 is 0 Å². The summed E-state index contributed by atoms with van der Waals surface area (Å²) in [5, 5.41) is 31.3. The van der Waals surface area contributed by atoms with Crippen molar-refractivity contribution >= 4 is 23.9 Å². The van der Waals surface area contributed by atoms with Gasteiger partial charge in [0, 0.05) is 12.1 Å². The molecule has 0 unspecified atom stereocenters. The molecule has 3 aromatic rings. The molecule has 0 fully saturated rings. The summed E-state index contributed by atoms with van der Waals surface area (Å²) in [7, 11) is 2.76. The standard InChI is InChI=1S/C27H29N3O10/c1-15(28-13-16-7-8-21(38-2)19(9-16)25(35)39-3)24-29-14-20(30-24)17-5-4-6-18(10-17)40-27(26(36)37,11-22(31)32)12-23(33)34/h4-10,14-15,28H,11-13H2,1-3H3,(H,29,30)(H,31,32)(H,33,34)(H,36,37)/t15-/m0/s1. The number of aromatic amines is 1. The lowest BCUT2D eigenvalue weighted by Gasteiger charge is -2.27. The van der Waals surface area contributed by atoms with E-state index >= 15 is 0 Å². The molecular weight excluding hydrogens is 526 g/mol. The molecule has 40 heavy (non-hydrogen) atoms. The number of esters is 1. The lowest BCUT2D eigenvalue weighted by Crippen LogP contribution is -2.48. The number of rotatable bonds is 14. The SMILES string of the molecule is COC(=O)c1cc(CN[C@@H](C)c2ncc(-c3cccc(OC(CC(=O)O)(CC(=O)O)C(=O)O)c3)[nH]2)ccc1OC. The Morgan fingerprint density at radius 1 is 1.02 bits per heavy atom. The maximum Gasteiger partial charge on any atom is 0.349 e. The molecule has 0 radical (unpaired) electrons. The van der Waals surface area contributed by atoms with Gasteiger partial charge < -0.3 is 39.8 Å². The van der Waals surface area contributed by atoms with Crippen molar-refractivity contribution < 1.29 is 48.7 Å². The largest absolute Gasteiger partial charge is 0.496 e. The molecule has 0 aliphatic heterocycles. The predicted molar refractivity (Wildman–Crippen MR) is 139 cm³/mol. The number of carboxylic acid groups (broad SMARTS) is 3. The van der Waals surface area contributed by atoms with Crippen molar-refractivity contribution in [2.75, 3.05) is 14.2 Å². The number of carbonyl (C=O) groups excluding carboxylic acids is 1. The van der Waals surface area contributed by atoms with Crippen LogP contribution in [0.5, 0.6) is 11.5 Å². The molecule has 0 saturated heterocycles. The third kappa shape index (κ3) is 7.14. The van der Waals surface area contributed by atoms with Gasteiger partial charge in [0.25, 0.3) is 0 Å². The van der Waals surface area contributed by atoms with Crippen LogP contribution < -0.4 is 14.8 Å². The summed E-state index contributed by atoms with van der Waals surface area (Å²) in [6, 6.07) is 11.0. The van der Waals surface area contributed by atoms with Crippen molar-refractivity contribution in [2.45, 2.75) is 38.0 Å². The number of hydrogen-bond donors (Lipinski definition) is 5. The van der Waals surface area contributed by atoms with E-state index in [-0.39, 0.29) is 11.8 Å². The van der Waals surface area contributed by atoms with Crippen molar-refractivity contribution in [3.05, 3.63) is 65.6 Å². The van der Waals surface area contributed by atoms with Crippen LogP contribution in [-0.2, 0) is 25.7 Å². The summed E-state index contributed by atoms with van der Waals surface area (Å²) in [4.78, 5) is 54.1. The number of imidazole rings is 1. The molecule has 212 valence electrons. The maximum atomic E-state index is 12.0. The van der Waals surface area contributed by atoms with Crippen LogP contribution in [0.4, 0.5) is 0 Å². The van der Waals surface area contributed by atoms with Crippen LogP contribution in [0.25, 0.3) is 11.3 Å². The number of aliphatic carboxylic acids is 3. The van der Waals surface area contributed by atoms with Crippen molar-refractivity contribution in [3.63, 3.8) is 0 Å². The van der Waals surface area contributed by atoms with E-state index in [1.807, 2.05) is 13.0 Å². The number of methoxy groups -OCH3 is 2. The summed E-state index contributed by atoms with van der Waals surface area (Å²) in [6.45, 7) is 2.28. The highest BCUT2D eigenvalue weighted by atomic mass is 16.5. The van der Waals surface area contributed by atoms with Gasteiger partial charge in [0.1, 0.15) is 22.9 Å². The third-order valence-corrected chi connectivity index (χ3v) is 6.01. The minimum absolute atomic E-state index is 0.0226. The van der Waals surface area contributed by atoms with Gasteiger partial charge in [-0.2, -0.15) is 0 Å². The molecule has 13 heteroatoms. The second-order valence-electron chi connectivity index (χ2n) is 8.88. The third-order valence-electron chi connectivity index (χ3n) is 6.01. The Kier molecular flexibility index (Phi) is 9.45. The van der Waals surface area contributed by atoms with Gasteiger partial charge in [-0.05, 0) is 36.8 Å². The first kappa shape index (κ1) is 29.6. The Hall–Kier alpha value is -4.91. The van der Waals surface area contributed by atoms with Gasteiger partial charge >= 0.3 is 23.9 Å². The van der Waals surface area contributed by atoms with Gasteiger partial charge in [-0.1, -0.05) is 18.2 Å². The number of hydrogen-bond acceptors (Lipinski definition) is 9. The number of aromatic nitrogens is 2. The quantitative estimate of drug-likeness (QED) is 0.183. The Bertz CT molecular complexity index is 1380. The molecule has 1 aromatic heterocycles. The van der Waals surface area contributed by atoms with E-state index in [2.05, 4.69) is 15.3 Å². The number of benzene rings is 2. The first-order chi connectivity index (χ1) is 19.0. The van der Waals surface area contributed by atoms with Crippen molar-refractivity contribution in [3.8, 4) is 22.8 Å². The average Bonchev–Trinajstić information content (AvgIpc) is 3.41. The minimum atomic E-state index is -2.50. The van der Waals surface area contributed by atoms with E-state index < -0.39 is 42.3 Å².